The second kappa shape index (κ2) is 7.88. The third-order valence-electron chi connectivity index (χ3n) is 5.71. The SMILES string of the molecule is O=C(C1CCC(O)CC1)N1CCC[C@H](c2nccn2Cc2cscn2)C1. The Hall–Kier alpha value is -1.73. The zero-order valence-electron chi connectivity index (χ0n) is 15.0. The van der Waals surface area contributed by atoms with E-state index in [0.29, 0.717) is 0 Å². The minimum Gasteiger partial charge on any atom is -0.393 e. The lowest BCUT2D eigenvalue weighted by atomic mass is 9.85. The predicted molar refractivity (Wildman–Crippen MR) is 100.0 cm³/mol. The van der Waals surface area contributed by atoms with Gasteiger partial charge in [-0.1, -0.05) is 0 Å². The topological polar surface area (TPSA) is 71.2 Å². The molecule has 2 aliphatic rings. The lowest BCUT2D eigenvalue weighted by molar-refractivity contribution is -0.138. The molecule has 1 aliphatic heterocycles. The van der Waals surface area contributed by atoms with Gasteiger partial charge in [0.1, 0.15) is 5.82 Å². The molecule has 0 radical (unpaired) electrons. The van der Waals surface area contributed by atoms with E-state index in [0.717, 1.165) is 69.7 Å². The molecule has 0 unspecified atom stereocenters. The van der Waals surface area contributed by atoms with E-state index in [1.807, 2.05) is 22.8 Å². The molecule has 1 saturated carbocycles. The number of aliphatic hydroxyl groups excluding tert-OH is 1. The number of nitrogens with zero attached hydrogens (tertiary/aromatic N) is 4. The van der Waals surface area contributed by atoms with Gasteiger partial charge >= 0.3 is 0 Å². The summed E-state index contributed by atoms with van der Waals surface area (Å²) in [6, 6.07) is 0. The van der Waals surface area contributed by atoms with Crippen molar-refractivity contribution in [1.82, 2.24) is 19.4 Å². The van der Waals surface area contributed by atoms with Gasteiger partial charge in [0.05, 0.1) is 23.9 Å². The normalized spacial score (nSPS) is 26.8. The molecule has 26 heavy (non-hydrogen) atoms. The molecule has 1 N–H and O–H groups in total. The van der Waals surface area contributed by atoms with E-state index < -0.39 is 0 Å². The molecule has 1 saturated heterocycles. The van der Waals surface area contributed by atoms with Crippen LogP contribution in [0.25, 0.3) is 0 Å². The molecule has 1 amide bonds. The lowest BCUT2D eigenvalue weighted by Crippen LogP contribution is -2.43. The zero-order valence-corrected chi connectivity index (χ0v) is 15.8. The van der Waals surface area contributed by atoms with Crippen molar-refractivity contribution in [2.45, 2.75) is 57.1 Å². The molecule has 0 aromatic carbocycles. The van der Waals surface area contributed by atoms with Crippen LogP contribution in [0, 0.1) is 5.92 Å². The van der Waals surface area contributed by atoms with Crippen LogP contribution in [-0.4, -0.2) is 49.6 Å². The maximum Gasteiger partial charge on any atom is 0.225 e. The molecule has 1 atom stereocenters. The van der Waals surface area contributed by atoms with Gasteiger partial charge in [0, 0.05) is 42.7 Å². The first-order chi connectivity index (χ1) is 12.7. The van der Waals surface area contributed by atoms with Crippen LogP contribution in [0.15, 0.2) is 23.3 Å². The van der Waals surface area contributed by atoms with Crippen molar-refractivity contribution in [2.24, 2.45) is 5.92 Å². The minimum atomic E-state index is -0.216. The smallest absolute Gasteiger partial charge is 0.225 e. The third-order valence-corrected chi connectivity index (χ3v) is 6.34. The number of piperidine rings is 1. The maximum atomic E-state index is 12.9. The van der Waals surface area contributed by atoms with Gasteiger partial charge in [0.2, 0.25) is 5.91 Å². The molecule has 140 valence electrons. The molecule has 4 rings (SSSR count). The molecule has 2 aromatic heterocycles. The fraction of sp³-hybridized carbons (Fsp3) is 0.632. The van der Waals surface area contributed by atoms with Crippen LogP contribution >= 0.6 is 11.3 Å². The van der Waals surface area contributed by atoms with Crippen LogP contribution in [0.4, 0.5) is 0 Å². The van der Waals surface area contributed by atoms with Crippen molar-refractivity contribution in [3.05, 3.63) is 34.8 Å². The number of thiazole rings is 1. The summed E-state index contributed by atoms with van der Waals surface area (Å²) in [6.07, 6.45) is 8.89. The highest BCUT2D eigenvalue weighted by Crippen LogP contribution is 2.31. The van der Waals surface area contributed by atoms with Crippen LogP contribution in [-0.2, 0) is 11.3 Å². The molecule has 7 heteroatoms. The lowest BCUT2D eigenvalue weighted by Gasteiger charge is -2.36. The van der Waals surface area contributed by atoms with Crippen molar-refractivity contribution in [2.75, 3.05) is 13.1 Å². The van der Waals surface area contributed by atoms with E-state index in [1.165, 1.54) is 0 Å². The van der Waals surface area contributed by atoms with Gasteiger partial charge in [0.25, 0.3) is 0 Å². The highest BCUT2D eigenvalue weighted by atomic mass is 32.1. The van der Waals surface area contributed by atoms with E-state index in [2.05, 4.69) is 19.9 Å². The molecular formula is C19H26N4O2S. The monoisotopic (exact) mass is 374 g/mol. The van der Waals surface area contributed by atoms with Gasteiger partial charge in [-0.15, -0.1) is 11.3 Å². The highest BCUT2D eigenvalue weighted by Gasteiger charge is 2.33. The Morgan fingerprint density at radius 2 is 2.08 bits per heavy atom. The first-order valence-electron chi connectivity index (χ1n) is 9.55. The summed E-state index contributed by atoms with van der Waals surface area (Å²) in [5.74, 6) is 1.72. The fourth-order valence-electron chi connectivity index (χ4n) is 4.27. The molecule has 0 spiro atoms. The molecule has 2 fully saturated rings. The van der Waals surface area contributed by atoms with Crippen molar-refractivity contribution < 1.29 is 9.90 Å². The van der Waals surface area contributed by atoms with E-state index in [9.17, 15) is 9.90 Å². The molecule has 3 heterocycles. The van der Waals surface area contributed by atoms with Crippen molar-refractivity contribution in [3.63, 3.8) is 0 Å². The molecule has 2 aromatic rings. The highest BCUT2D eigenvalue weighted by molar-refractivity contribution is 7.07. The number of imidazole rings is 1. The van der Waals surface area contributed by atoms with Gasteiger partial charge < -0.3 is 14.6 Å². The third kappa shape index (κ3) is 3.83. The molecule has 0 bridgehead atoms. The van der Waals surface area contributed by atoms with Crippen LogP contribution in [0.1, 0.15) is 56.0 Å². The van der Waals surface area contributed by atoms with Gasteiger partial charge in [-0.05, 0) is 38.5 Å². The van der Waals surface area contributed by atoms with E-state index in [1.54, 1.807) is 11.3 Å². The average Bonchev–Trinajstić information content (AvgIpc) is 3.34. The maximum absolute atomic E-state index is 12.9. The number of carbonyl (C=O) groups excluding carboxylic acids is 1. The zero-order chi connectivity index (χ0) is 17.9. The summed E-state index contributed by atoms with van der Waals surface area (Å²) in [6.45, 7) is 2.34. The second-order valence-electron chi connectivity index (χ2n) is 7.52. The average molecular weight is 375 g/mol. The standard InChI is InChI=1S/C19H26N4O2S/c24-17-5-3-14(4-6-17)19(25)23-8-1-2-15(10-23)18-20-7-9-22(18)11-16-12-26-13-21-16/h7,9,12-15,17,24H,1-6,8,10-11H2/t14?,15-,17?/m0/s1. The quantitative estimate of drug-likeness (QED) is 0.893. The number of aliphatic hydroxyl groups is 1. The Balaban J connectivity index is 1.42. The fourth-order valence-corrected chi connectivity index (χ4v) is 4.82. The Morgan fingerprint density at radius 1 is 1.23 bits per heavy atom. The van der Waals surface area contributed by atoms with E-state index in [4.69, 9.17) is 0 Å². The van der Waals surface area contributed by atoms with Crippen LogP contribution in [0.5, 0.6) is 0 Å². The van der Waals surface area contributed by atoms with Gasteiger partial charge in [-0.2, -0.15) is 0 Å². The molecule has 1 aliphatic carbocycles. The van der Waals surface area contributed by atoms with Crippen LogP contribution in [0.3, 0.4) is 0 Å². The summed E-state index contributed by atoms with van der Waals surface area (Å²) >= 11 is 1.61. The van der Waals surface area contributed by atoms with Crippen LogP contribution in [0.2, 0.25) is 0 Å². The van der Waals surface area contributed by atoms with Gasteiger partial charge in [0.15, 0.2) is 0 Å². The summed E-state index contributed by atoms with van der Waals surface area (Å²) in [5.41, 5.74) is 2.91. The van der Waals surface area contributed by atoms with Gasteiger partial charge in [-0.3, -0.25) is 4.79 Å². The Kier molecular flexibility index (Phi) is 5.36. The van der Waals surface area contributed by atoms with Crippen molar-refractivity contribution in [1.29, 1.82) is 0 Å². The van der Waals surface area contributed by atoms with Crippen molar-refractivity contribution >= 4 is 17.2 Å². The second-order valence-corrected chi connectivity index (χ2v) is 8.24. The predicted octanol–water partition coefficient (Wildman–Crippen LogP) is 2.65. The van der Waals surface area contributed by atoms with Gasteiger partial charge in [-0.25, -0.2) is 9.97 Å². The summed E-state index contributed by atoms with van der Waals surface area (Å²) < 4.78 is 2.17. The summed E-state index contributed by atoms with van der Waals surface area (Å²) in [5, 5.41) is 11.7. The Bertz CT molecular complexity index is 722. The number of hydrogen-bond donors (Lipinski definition) is 1. The minimum absolute atomic E-state index is 0.0897. The van der Waals surface area contributed by atoms with Crippen molar-refractivity contribution in [3.8, 4) is 0 Å². The number of likely N-dealkylation sites (tertiary alicyclic amines) is 1. The largest absolute Gasteiger partial charge is 0.393 e. The molecule has 6 nitrogen and oxygen atoms in total. The number of carbonyl (C=O) groups is 1. The first kappa shape index (κ1) is 17.7. The Labute approximate surface area is 157 Å². The first-order valence-corrected chi connectivity index (χ1v) is 10.5. The summed E-state index contributed by atoms with van der Waals surface area (Å²) in [7, 11) is 0. The van der Waals surface area contributed by atoms with Crippen LogP contribution < -0.4 is 0 Å². The number of aromatic nitrogens is 3. The number of hydrogen-bond acceptors (Lipinski definition) is 5. The summed E-state index contributed by atoms with van der Waals surface area (Å²) in [4.78, 5) is 23.9. The number of amides is 1. The number of rotatable bonds is 4. The molecular weight excluding hydrogens is 348 g/mol. The van der Waals surface area contributed by atoms with E-state index in [-0.39, 0.29) is 23.8 Å². The van der Waals surface area contributed by atoms with E-state index >= 15 is 0 Å². The Morgan fingerprint density at radius 3 is 2.85 bits per heavy atom.